The Morgan fingerprint density at radius 1 is 1.27 bits per heavy atom. The second-order valence-corrected chi connectivity index (χ2v) is 9.44. The Hall–Kier alpha value is -2.91. The molecule has 2 atom stereocenters. The Labute approximate surface area is 192 Å². The van der Waals surface area contributed by atoms with Crippen molar-refractivity contribution in [3.8, 4) is 17.0 Å². The lowest BCUT2D eigenvalue weighted by atomic mass is 10.0. The minimum Gasteiger partial charge on any atom is -0.488 e. The van der Waals surface area contributed by atoms with Crippen LogP contribution in [-0.4, -0.2) is 68.7 Å². The number of hydrogen-bond acceptors (Lipinski definition) is 6. The maximum Gasteiger partial charge on any atom is 0.228 e. The van der Waals surface area contributed by atoms with Gasteiger partial charge in [-0.25, -0.2) is 4.52 Å². The smallest absolute Gasteiger partial charge is 0.228 e. The number of likely N-dealkylation sites (tertiary alicyclic amines) is 1. The van der Waals surface area contributed by atoms with Crippen LogP contribution in [0.25, 0.3) is 16.8 Å². The summed E-state index contributed by atoms with van der Waals surface area (Å²) in [6.07, 6.45) is 9.51. The van der Waals surface area contributed by atoms with Crippen molar-refractivity contribution in [2.75, 3.05) is 31.6 Å². The van der Waals surface area contributed by atoms with E-state index in [1.54, 1.807) is 10.7 Å². The maximum absolute atomic E-state index is 12.1. The lowest BCUT2D eigenvalue weighted by Gasteiger charge is -2.41. The number of ether oxygens (including phenoxy) is 2. The molecule has 1 aliphatic carbocycles. The van der Waals surface area contributed by atoms with Gasteiger partial charge in [-0.15, -0.1) is 0 Å². The zero-order valence-corrected chi connectivity index (χ0v) is 18.9. The average Bonchev–Trinajstić information content (AvgIpc) is 3.19. The Kier molecular flexibility index (Phi) is 5.30. The molecule has 9 nitrogen and oxygen atoms in total. The fourth-order valence-electron chi connectivity index (χ4n) is 4.79. The molecule has 174 valence electrons. The quantitative estimate of drug-likeness (QED) is 0.568. The van der Waals surface area contributed by atoms with E-state index in [0.29, 0.717) is 24.6 Å². The third-order valence-electron chi connectivity index (χ3n) is 7.00. The standard InChI is InChI=1S/C24H30N6O3/c1-28-23(17-6-9-30-19(11-17)12-22(27-30)26-24(31)16-4-5-16)21(13-25-28)33-15-18-7-8-29(18)14-20-3-2-10-32-20/h6,9,11-13,16,18,20H,2-5,7-8,10,14-15H2,1H3,(H,26,27,31)/t18-,20?/m0/s1. The highest BCUT2D eigenvalue weighted by atomic mass is 16.5. The van der Waals surface area contributed by atoms with Gasteiger partial charge >= 0.3 is 0 Å². The highest BCUT2D eigenvalue weighted by Gasteiger charge is 2.32. The van der Waals surface area contributed by atoms with Gasteiger partial charge in [-0.3, -0.25) is 14.4 Å². The number of aromatic nitrogens is 4. The summed E-state index contributed by atoms with van der Waals surface area (Å²) in [6, 6.07) is 6.38. The van der Waals surface area contributed by atoms with Crippen LogP contribution in [0.5, 0.6) is 5.75 Å². The van der Waals surface area contributed by atoms with E-state index in [1.807, 2.05) is 30.1 Å². The SMILES string of the molecule is Cn1ncc(OC[C@@H]2CCN2CC2CCCO2)c1-c1ccn2nc(NC(=O)C3CC3)cc2c1. The molecule has 3 fully saturated rings. The molecular weight excluding hydrogens is 420 g/mol. The van der Waals surface area contributed by atoms with Crippen LogP contribution >= 0.6 is 0 Å². The molecule has 3 aromatic heterocycles. The van der Waals surface area contributed by atoms with Crippen molar-refractivity contribution in [1.29, 1.82) is 0 Å². The van der Waals surface area contributed by atoms with Crippen molar-refractivity contribution in [3.05, 3.63) is 30.6 Å². The van der Waals surface area contributed by atoms with E-state index < -0.39 is 0 Å². The van der Waals surface area contributed by atoms with Crippen LogP contribution in [0.15, 0.2) is 30.6 Å². The molecule has 2 aliphatic heterocycles. The van der Waals surface area contributed by atoms with Gasteiger partial charge in [-0.2, -0.15) is 10.2 Å². The molecule has 0 radical (unpaired) electrons. The predicted octanol–water partition coefficient (Wildman–Crippen LogP) is 2.72. The molecule has 2 saturated heterocycles. The Morgan fingerprint density at radius 3 is 2.94 bits per heavy atom. The molecule has 3 aliphatic rings. The van der Waals surface area contributed by atoms with Crippen molar-refractivity contribution in [2.24, 2.45) is 13.0 Å². The van der Waals surface area contributed by atoms with Crippen molar-refractivity contribution in [3.63, 3.8) is 0 Å². The van der Waals surface area contributed by atoms with Crippen LogP contribution in [-0.2, 0) is 16.6 Å². The zero-order valence-electron chi connectivity index (χ0n) is 18.9. The van der Waals surface area contributed by atoms with Crippen LogP contribution in [0, 0.1) is 5.92 Å². The molecule has 5 heterocycles. The number of carbonyl (C=O) groups excluding carboxylic acids is 1. The normalized spacial score (nSPS) is 23.1. The third kappa shape index (κ3) is 4.22. The lowest BCUT2D eigenvalue weighted by molar-refractivity contribution is -0.117. The summed E-state index contributed by atoms with van der Waals surface area (Å²) in [5, 5.41) is 11.8. The highest BCUT2D eigenvalue weighted by molar-refractivity contribution is 5.93. The molecule has 9 heteroatoms. The predicted molar refractivity (Wildman–Crippen MR) is 123 cm³/mol. The number of fused-ring (bicyclic) bond motifs is 1. The highest BCUT2D eigenvalue weighted by Crippen LogP contribution is 2.33. The first kappa shape index (κ1) is 20.7. The number of aryl methyl sites for hydroxylation is 1. The molecule has 0 aromatic carbocycles. The number of carbonyl (C=O) groups is 1. The summed E-state index contributed by atoms with van der Waals surface area (Å²) < 4.78 is 15.7. The number of nitrogens with zero attached hydrogens (tertiary/aromatic N) is 5. The van der Waals surface area contributed by atoms with Crippen LogP contribution in [0.3, 0.4) is 0 Å². The Morgan fingerprint density at radius 2 is 2.18 bits per heavy atom. The van der Waals surface area contributed by atoms with Gasteiger partial charge in [0.15, 0.2) is 11.6 Å². The van der Waals surface area contributed by atoms with Gasteiger partial charge in [0.1, 0.15) is 12.3 Å². The molecule has 6 rings (SSSR count). The van der Waals surface area contributed by atoms with E-state index in [9.17, 15) is 4.79 Å². The summed E-state index contributed by atoms with van der Waals surface area (Å²) in [4.78, 5) is 14.5. The molecular formula is C24H30N6O3. The first-order chi connectivity index (χ1) is 16.1. The van der Waals surface area contributed by atoms with Crippen LogP contribution < -0.4 is 10.1 Å². The Balaban J connectivity index is 1.15. The first-order valence-electron chi connectivity index (χ1n) is 11.9. The number of rotatable bonds is 8. The average molecular weight is 451 g/mol. The van der Waals surface area contributed by atoms with Crippen molar-refractivity contribution in [1.82, 2.24) is 24.3 Å². The van der Waals surface area contributed by atoms with E-state index in [-0.39, 0.29) is 11.8 Å². The topological polar surface area (TPSA) is 85.9 Å². The number of nitrogens with one attached hydrogen (secondary N) is 1. The number of hydrogen-bond donors (Lipinski definition) is 1. The monoisotopic (exact) mass is 450 g/mol. The van der Waals surface area contributed by atoms with E-state index in [0.717, 1.165) is 61.5 Å². The molecule has 1 amide bonds. The van der Waals surface area contributed by atoms with Crippen molar-refractivity contribution < 1.29 is 14.3 Å². The molecule has 1 saturated carbocycles. The molecule has 0 bridgehead atoms. The van der Waals surface area contributed by atoms with Gasteiger partial charge in [0.25, 0.3) is 0 Å². The minimum atomic E-state index is 0.0606. The second-order valence-electron chi connectivity index (χ2n) is 9.44. The summed E-state index contributed by atoms with van der Waals surface area (Å²) in [5.74, 6) is 1.58. The molecule has 0 spiro atoms. The van der Waals surface area contributed by atoms with E-state index >= 15 is 0 Å². The maximum atomic E-state index is 12.1. The van der Waals surface area contributed by atoms with Crippen LogP contribution in [0.2, 0.25) is 0 Å². The van der Waals surface area contributed by atoms with Gasteiger partial charge in [0.2, 0.25) is 5.91 Å². The van der Waals surface area contributed by atoms with Gasteiger partial charge in [-0.1, -0.05) is 0 Å². The van der Waals surface area contributed by atoms with E-state index in [2.05, 4.69) is 26.5 Å². The van der Waals surface area contributed by atoms with Gasteiger partial charge < -0.3 is 14.8 Å². The van der Waals surface area contributed by atoms with Crippen molar-refractivity contribution in [2.45, 2.75) is 44.2 Å². The molecule has 1 N–H and O–H groups in total. The zero-order chi connectivity index (χ0) is 22.4. The van der Waals surface area contributed by atoms with Gasteiger partial charge in [0.05, 0.1) is 17.8 Å². The largest absolute Gasteiger partial charge is 0.488 e. The first-order valence-corrected chi connectivity index (χ1v) is 11.9. The minimum absolute atomic E-state index is 0.0606. The Bertz CT molecular complexity index is 1160. The fourth-order valence-corrected chi connectivity index (χ4v) is 4.79. The number of amides is 1. The van der Waals surface area contributed by atoms with Crippen molar-refractivity contribution >= 4 is 17.2 Å². The molecule has 33 heavy (non-hydrogen) atoms. The number of pyridine rings is 1. The summed E-state index contributed by atoms with van der Waals surface area (Å²) in [5.41, 5.74) is 2.85. The van der Waals surface area contributed by atoms with Gasteiger partial charge in [-0.05, 0) is 44.2 Å². The van der Waals surface area contributed by atoms with E-state index in [4.69, 9.17) is 9.47 Å². The summed E-state index contributed by atoms with van der Waals surface area (Å²) in [7, 11) is 1.93. The van der Waals surface area contributed by atoms with Gasteiger partial charge in [0, 0.05) is 56.5 Å². The summed E-state index contributed by atoms with van der Waals surface area (Å²) in [6.45, 7) is 3.67. The lowest BCUT2D eigenvalue weighted by Crippen LogP contribution is -2.53. The molecule has 1 unspecified atom stereocenters. The molecule has 3 aromatic rings. The fraction of sp³-hybridized carbons (Fsp3) is 0.542. The number of anilines is 1. The third-order valence-corrected chi connectivity index (χ3v) is 7.00. The van der Waals surface area contributed by atoms with Crippen LogP contribution in [0.1, 0.15) is 32.1 Å². The van der Waals surface area contributed by atoms with E-state index in [1.165, 1.54) is 12.8 Å². The second kappa shape index (κ2) is 8.46. The van der Waals surface area contributed by atoms with Crippen LogP contribution in [0.4, 0.5) is 5.82 Å². The summed E-state index contributed by atoms with van der Waals surface area (Å²) >= 11 is 0.